The Bertz CT molecular complexity index is 1690. The lowest BCUT2D eigenvalue weighted by molar-refractivity contribution is -0.120. The van der Waals surface area contributed by atoms with E-state index >= 15 is 0 Å². The molecule has 11 heteroatoms. The molecule has 208 valence electrons. The second-order valence-corrected chi connectivity index (χ2v) is 12.7. The molecule has 1 aliphatic heterocycles. The van der Waals surface area contributed by atoms with Crippen LogP contribution in [0.1, 0.15) is 39.8 Å². The number of rotatable bonds is 7. The van der Waals surface area contributed by atoms with Gasteiger partial charge in [-0.15, -0.1) is 11.3 Å². The lowest BCUT2D eigenvalue weighted by Crippen LogP contribution is -2.51. The summed E-state index contributed by atoms with van der Waals surface area (Å²) in [5, 5.41) is 5.14. The minimum atomic E-state index is -3.60. The summed E-state index contributed by atoms with van der Waals surface area (Å²) in [6.45, 7) is 5.73. The molecule has 40 heavy (non-hydrogen) atoms. The van der Waals surface area contributed by atoms with E-state index in [9.17, 15) is 18.0 Å². The highest BCUT2D eigenvalue weighted by Gasteiger charge is 2.38. The van der Waals surface area contributed by atoms with Crippen LogP contribution in [0.25, 0.3) is 16.9 Å². The quantitative estimate of drug-likeness (QED) is 0.318. The molecule has 9 nitrogen and oxygen atoms in total. The molecule has 1 amide bonds. The number of esters is 1. The van der Waals surface area contributed by atoms with Crippen LogP contribution in [0.3, 0.4) is 0 Å². The number of anilines is 1. The number of aryl methyl sites for hydroxylation is 1. The summed E-state index contributed by atoms with van der Waals surface area (Å²) in [5.74, 6) is -0.872. The van der Waals surface area contributed by atoms with Crippen molar-refractivity contribution in [1.29, 1.82) is 0 Å². The molecule has 0 unspecified atom stereocenters. The topological polar surface area (TPSA) is 111 Å². The van der Waals surface area contributed by atoms with Crippen molar-refractivity contribution >= 4 is 38.4 Å². The van der Waals surface area contributed by atoms with Crippen molar-refractivity contribution in [3.8, 4) is 16.9 Å². The monoisotopic (exact) mass is 578 g/mol. The number of sulfonamides is 1. The van der Waals surface area contributed by atoms with Gasteiger partial charge < -0.3 is 14.6 Å². The third-order valence-electron chi connectivity index (χ3n) is 7.22. The maximum Gasteiger partial charge on any atom is 0.337 e. The number of carbonyl (C=O) groups is 2. The Hall–Kier alpha value is -3.80. The van der Waals surface area contributed by atoms with Gasteiger partial charge in [-0.05, 0) is 68.7 Å². The van der Waals surface area contributed by atoms with Crippen LogP contribution in [-0.2, 0) is 32.5 Å². The fourth-order valence-corrected chi connectivity index (χ4v) is 7.05. The van der Waals surface area contributed by atoms with E-state index in [2.05, 4.69) is 14.9 Å². The number of carbonyl (C=O) groups excluding carboxylic acids is 2. The maximum atomic E-state index is 13.4. The fraction of sp³-hybridized carbons (Fsp3) is 0.276. The van der Waals surface area contributed by atoms with Crippen molar-refractivity contribution in [3.05, 3.63) is 88.1 Å². The summed E-state index contributed by atoms with van der Waals surface area (Å²) in [5.41, 5.74) is 6.81. The van der Waals surface area contributed by atoms with Crippen molar-refractivity contribution in [1.82, 2.24) is 13.9 Å². The summed E-state index contributed by atoms with van der Waals surface area (Å²) in [6.07, 6.45) is 0.301. The van der Waals surface area contributed by atoms with Crippen molar-refractivity contribution in [2.24, 2.45) is 0 Å². The predicted octanol–water partition coefficient (Wildman–Crippen LogP) is 4.72. The number of nitrogens with one attached hydrogen (secondary N) is 1. The van der Waals surface area contributed by atoms with Crippen LogP contribution in [0.2, 0.25) is 0 Å². The van der Waals surface area contributed by atoms with Gasteiger partial charge >= 0.3 is 5.97 Å². The second-order valence-electron chi connectivity index (χ2n) is 9.62. The number of thiazole rings is 1. The predicted molar refractivity (Wildman–Crippen MR) is 155 cm³/mol. The van der Waals surface area contributed by atoms with Gasteiger partial charge in [-0.25, -0.2) is 18.2 Å². The van der Waals surface area contributed by atoms with Crippen LogP contribution in [0.5, 0.6) is 0 Å². The molecule has 2 aromatic heterocycles. The van der Waals surface area contributed by atoms with Gasteiger partial charge in [0.1, 0.15) is 6.04 Å². The molecule has 0 saturated carbocycles. The van der Waals surface area contributed by atoms with Gasteiger partial charge in [0.25, 0.3) is 0 Å². The SMILES string of the molecule is CCS(=O)(=O)N1Cc2ccccc2C[C@H]1C(=O)Nc1nc(-c2cc(C)n(-c3ccc(C(=O)OC)cc3)c2C)cs1. The molecular formula is C29H30N4O5S2. The first-order chi connectivity index (χ1) is 19.1. The molecular weight excluding hydrogens is 548 g/mol. The van der Waals surface area contributed by atoms with E-state index in [-0.39, 0.29) is 12.3 Å². The minimum absolute atomic E-state index is 0.0820. The van der Waals surface area contributed by atoms with Crippen LogP contribution in [0, 0.1) is 13.8 Å². The van der Waals surface area contributed by atoms with E-state index in [0.29, 0.717) is 22.8 Å². The number of benzene rings is 2. The lowest BCUT2D eigenvalue weighted by atomic mass is 9.95. The summed E-state index contributed by atoms with van der Waals surface area (Å²) in [4.78, 5) is 29.9. The number of nitrogens with zero attached hydrogens (tertiary/aromatic N) is 3. The van der Waals surface area contributed by atoms with E-state index < -0.39 is 27.9 Å². The maximum absolute atomic E-state index is 13.4. The van der Waals surface area contributed by atoms with Gasteiger partial charge in [-0.3, -0.25) is 4.79 Å². The van der Waals surface area contributed by atoms with Crippen LogP contribution in [0.4, 0.5) is 5.13 Å². The molecule has 2 aromatic carbocycles. The number of hydrogen-bond donors (Lipinski definition) is 1. The Balaban J connectivity index is 1.38. The average Bonchev–Trinajstić information content (AvgIpc) is 3.54. The molecule has 5 rings (SSSR count). The van der Waals surface area contributed by atoms with Crippen LogP contribution < -0.4 is 5.32 Å². The molecule has 1 atom stereocenters. The molecule has 0 radical (unpaired) electrons. The number of aromatic nitrogens is 2. The van der Waals surface area contributed by atoms with Gasteiger partial charge in [-0.2, -0.15) is 4.31 Å². The number of fused-ring (bicyclic) bond motifs is 1. The van der Waals surface area contributed by atoms with Crippen LogP contribution in [0.15, 0.2) is 60.0 Å². The Morgan fingerprint density at radius 2 is 1.80 bits per heavy atom. The first-order valence-electron chi connectivity index (χ1n) is 12.8. The summed E-state index contributed by atoms with van der Waals surface area (Å²) in [7, 11) is -2.25. The minimum Gasteiger partial charge on any atom is -0.465 e. The van der Waals surface area contributed by atoms with Crippen molar-refractivity contribution in [2.75, 3.05) is 18.2 Å². The van der Waals surface area contributed by atoms with Gasteiger partial charge in [0.05, 0.1) is 24.1 Å². The summed E-state index contributed by atoms with van der Waals surface area (Å²) in [6, 6.07) is 16.0. The zero-order chi connectivity index (χ0) is 28.6. The fourth-order valence-electron chi connectivity index (χ4n) is 5.11. The van der Waals surface area contributed by atoms with E-state index in [4.69, 9.17) is 4.74 Å². The number of methoxy groups -OCH3 is 1. The van der Waals surface area contributed by atoms with Crippen molar-refractivity contribution in [2.45, 2.75) is 39.8 Å². The van der Waals surface area contributed by atoms with Gasteiger partial charge in [0.15, 0.2) is 5.13 Å². The number of amides is 1. The molecule has 0 spiro atoms. The Morgan fingerprint density at radius 3 is 2.48 bits per heavy atom. The van der Waals surface area contributed by atoms with Crippen molar-refractivity contribution in [3.63, 3.8) is 0 Å². The molecule has 4 aromatic rings. The molecule has 0 aliphatic carbocycles. The van der Waals surface area contributed by atoms with Gasteiger partial charge in [0, 0.05) is 34.6 Å². The average molecular weight is 579 g/mol. The molecule has 1 aliphatic rings. The van der Waals surface area contributed by atoms with Gasteiger partial charge in [-0.1, -0.05) is 24.3 Å². The highest BCUT2D eigenvalue weighted by Crippen LogP contribution is 2.33. The molecule has 0 fully saturated rings. The van der Waals surface area contributed by atoms with Crippen LogP contribution >= 0.6 is 11.3 Å². The molecule has 3 heterocycles. The smallest absolute Gasteiger partial charge is 0.337 e. The van der Waals surface area contributed by atoms with Crippen LogP contribution in [-0.4, -0.2) is 53.1 Å². The highest BCUT2D eigenvalue weighted by molar-refractivity contribution is 7.89. The molecule has 1 N–H and O–H groups in total. The molecule has 0 saturated heterocycles. The second kappa shape index (κ2) is 11.0. The standard InChI is InChI=1S/C29H30N4O5S2/c1-5-40(36,37)32-16-22-9-7-6-8-21(22)15-26(32)27(34)31-29-30-25(17-39-29)24-14-18(2)33(19(24)3)23-12-10-20(11-13-23)28(35)38-4/h6-14,17,26H,5,15-16H2,1-4H3,(H,30,31,34)/t26-/m0/s1. The number of hydrogen-bond acceptors (Lipinski definition) is 7. The zero-order valence-corrected chi connectivity index (χ0v) is 24.3. The lowest BCUT2D eigenvalue weighted by Gasteiger charge is -2.34. The normalized spacial score (nSPS) is 15.4. The zero-order valence-electron chi connectivity index (χ0n) is 22.7. The largest absolute Gasteiger partial charge is 0.465 e. The van der Waals surface area contributed by atoms with E-state index in [1.807, 2.05) is 61.7 Å². The van der Waals surface area contributed by atoms with Gasteiger partial charge in [0.2, 0.25) is 15.9 Å². The summed E-state index contributed by atoms with van der Waals surface area (Å²) >= 11 is 1.29. The van der Waals surface area contributed by atoms with E-state index in [0.717, 1.165) is 33.8 Å². The summed E-state index contributed by atoms with van der Waals surface area (Å²) < 4.78 is 33.9. The first-order valence-corrected chi connectivity index (χ1v) is 15.3. The third-order valence-corrected chi connectivity index (χ3v) is 9.80. The van der Waals surface area contributed by atoms with Crippen molar-refractivity contribution < 1.29 is 22.7 Å². The third kappa shape index (κ3) is 5.19. The Labute approximate surface area is 237 Å². The Morgan fingerprint density at radius 1 is 1.10 bits per heavy atom. The first kappa shape index (κ1) is 27.8. The van der Waals surface area contributed by atoms with E-state index in [1.165, 1.54) is 22.8 Å². The Kier molecular flexibility index (Phi) is 7.63. The highest BCUT2D eigenvalue weighted by atomic mass is 32.2. The number of ether oxygens (including phenoxy) is 1. The molecule has 0 bridgehead atoms. The van der Waals surface area contributed by atoms with E-state index in [1.54, 1.807) is 19.1 Å².